The van der Waals surface area contributed by atoms with Crippen molar-refractivity contribution < 1.29 is 22.0 Å². The number of pyridine rings is 1. The second-order valence-corrected chi connectivity index (χ2v) is 10.1. The van der Waals surface area contributed by atoms with Gasteiger partial charge in [0.1, 0.15) is 6.54 Å². The fourth-order valence-corrected chi connectivity index (χ4v) is 4.77. The first kappa shape index (κ1) is 22.3. The van der Waals surface area contributed by atoms with Crippen molar-refractivity contribution in [3.63, 3.8) is 0 Å². The molecule has 0 aliphatic carbocycles. The van der Waals surface area contributed by atoms with Gasteiger partial charge in [0.2, 0.25) is 11.4 Å². The van der Waals surface area contributed by atoms with Crippen molar-refractivity contribution in [2.24, 2.45) is 0 Å². The molecule has 0 unspecified atom stereocenters. The van der Waals surface area contributed by atoms with E-state index in [2.05, 4.69) is 43.1 Å². The number of oxazole rings is 1. The fraction of sp³-hybridized carbons (Fsp3) is 0.185. The highest BCUT2D eigenvalue weighted by atomic mass is 32.2. The molecular weight excluding hydrogens is 448 g/mol. The number of hydrogen-bond acceptors (Lipinski definition) is 5. The van der Waals surface area contributed by atoms with Crippen LogP contribution in [0.1, 0.15) is 17.5 Å². The molecule has 7 heteroatoms. The Morgan fingerprint density at radius 1 is 0.971 bits per heavy atom. The van der Waals surface area contributed by atoms with Crippen LogP contribution in [-0.4, -0.2) is 23.7 Å². The summed E-state index contributed by atoms with van der Waals surface area (Å²) in [6, 6.07) is 20.4. The van der Waals surface area contributed by atoms with Crippen LogP contribution >= 0.6 is 0 Å². The molecule has 172 valence electrons. The monoisotopic (exact) mass is 472 g/mol. The van der Waals surface area contributed by atoms with E-state index in [-0.39, 0.29) is 12.2 Å². The first-order chi connectivity index (χ1) is 16.3. The minimum absolute atomic E-state index is 0.254. The van der Waals surface area contributed by atoms with E-state index < -0.39 is 10.1 Å². The molecule has 0 aliphatic heterocycles. The second-order valence-electron chi connectivity index (χ2n) is 8.58. The van der Waals surface area contributed by atoms with Crippen LogP contribution in [0, 0.1) is 13.8 Å². The van der Waals surface area contributed by atoms with Gasteiger partial charge in [0.15, 0.2) is 12.0 Å². The number of hydrogen-bond donors (Lipinski definition) is 0. The van der Waals surface area contributed by atoms with Gasteiger partial charge in [-0.15, -0.1) is 0 Å². The number of benzene rings is 3. The van der Waals surface area contributed by atoms with Gasteiger partial charge in [-0.1, -0.05) is 36.4 Å². The summed E-state index contributed by atoms with van der Waals surface area (Å²) in [6.07, 6.45) is 3.87. The van der Waals surface area contributed by atoms with Crippen LogP contribution in [0.3, 0.4) is 0 Å². The second kappa shape index (κ2) is 8.66. The number of fused-ring (bicyclic) bond motifs is 2. The highest BCUT2D eigenvalue weighted by Gasteiger charge is 2.17. The summed E-state index contributed by atoms with van der Waals surface area (Å²) >= 11 is 0. The highest BCUT2D eigenvalue weighted by molar-refractivity contribution is 7.85. The molecule has 5 rings (SSSR count). The minimum atomic E-state index is -4.23. The summed E-state index contributed by atoms with van der Waals surface area (Å²) in [5.74, 6) is 0.821. The van der Waals surface area contributed by atoms with Gasteiger partial charge in [-0.05, 0) is 47.9 Å². The molecule has 6 nitrogen and oxygen atoms in total. The summed E-state index contributed by atoms with van der Waals surface area (Å²) in [4.78, 5) is 4.55. The molecule has 34 heavy (non-hydrogen) atoms. The Kier molecular flexibility index (Phi) is 5.67. The van der Waals surface area contributed by atoms with Gasteiger partial charge in [-0.25, -0.2) is 13.4 Å². The molecule has 0 N–H and O–H groups in total. The van der Waals surface area contributed by atoms with Crippen molar-refractivity contribution in [2.75, 3.05) is 5.75 Å². The van der Waals surface area contributed by atoms with E-state index in [1.807, 2.05) is 47.2 Å². The normalized spacial score (nSPS) is 12.0. The van der Waals surface area contributed by atoms with Gasteiger partial charge in [0, 0.05) is 29.9 Å². The van der Waals surface area contributed by atoms with Gasteiger partial charge < -0.3 is 8.97 Å². The van der Waals surface area contributed by atoms with Gasteiger partial charge in [-0.2, -0.15) is 4.57 Å². The molecule has 0 saturated heterocycles. The first-order valence-electron chi connectivity index (χ1n) is 11.1. The molecule has 0 bridgehead atoms. The molecule has 2 aromatic heterocycles. The van der Waals surface area contributed by atoms with Crippen molar-refractivity contribution in [2.45, 2.75) is 26.8 Å². The Labute approximate surface area is 198 Å². The van der Waals surface area contributed by atoms with Crippen molar-refractivity contribution >= 4 is 31.8 Å². The predicted molar refractivity (Wildman–Crippen MR) is 131 cm³/mol. The van der Waals surface area contributed by atoms with Crippen LogP contribution in [0.2, 0.25) is 0 Å². The number of aromatic nitrogens is 2. The summed E-state index contributed by atoms with van der Waals surface area (Å²) < 4.78 is 41.0. The SMILES string of the molecule is Cc1cc2ccc(-c3cnc(-c4cc[n+](CCCS(=O)(=O)[O-])c5ccccc45)o3)cc2cc1C. The van der Waals surface area contributed by atoms with Crippen molar-refractivity contribution in [1.29, 1.82) is 0 Å². The first-order valence-corrected chi connectivity index (χ1v) is 12.7. The minimum Gasteiger partial charge on any atom is -0.748 e. The fourth-order valence-electron chi connectivity index (χ4n) is 4.29. The van der Waals surface area contributed by atoms with E-state index in [0.717, 1.165) is 27.4 Å². The smallest absolute Gasteiger partial charge is 0.227 e. The lowest BCUT2D eigenvalue weighted by Gasteiger charge is -2.07. The van der Waals surface area contributed by atoms with E-state index in [4.69, 9.17) is 4.42 Å². The maximum absolute atomic E-state index is 11.0. The average molecular weight is 473 g/mol. The molecule has 2 heterocycles. The molecule has 5 aromatic rings. The quantitative estimate of drug-likeness (QED) is 0.252. The van der Waals surface area contributed by atoms with Gasteiger partial charge >= 0.3 is 0 Å². The van der Waals surface area contributed by atoms with Gasteiger partial charge in [0.05, 0.1) is 27.3 Å². The molecule has 0 radical (unpaired) electrons. The van der Waals surface area contributed by atoms with Crippen LogP contribution < -0.4 is 4.57 Å². The summed E-state index contributed by atoms with van der Waals surface area (Å²) in [5.41, 5.74) is 5.25. The van der Waals surface area contributed by atoms with E-state index in [1.165, 1.54) is 16.5 Å². The average Bonchev–Trinajstić information content (AvgIpc) is 3.29. The van der Waals surface area contributed by atoms with Crippen LogP contribution in [0.15, 0.2) is 77.5 Å². The maximum Gasteiger partial charge on any atom is 0.227 e. The Morgan fingerprint density at radius 3 is 2.53 bits per heavy atom. The Morgan fingerprint density at radius 2 is 1.74 bits per heavy atom. The lowest BCUT2D eigenvalue weighted by Crippen LogP contribution is -2.35. The van der Waals surface area contributed by atoms with Gasteiger partial charge in [0.25, 0.3) is 0 Å². The van der Waals surface area contributed by atoms with Crippen LogP contribution in [0.4, 0.5) is 0 Å². The molecule has 0 atom stereocenters. The Hall–Kier alpha value is -3.55. The van der Waals surface area contributed by atoms with Gasteiger partial charge in [-0.3, -0.25) is 0 Å². The third kappa shape index (κ3) is 4.44. The van der Waals surface area contributed by atoms with Crippen molar-refractivity contribution in [1.82, 2.24) is 4.98 Å². The molecule has 0 aliphatic rings. The van der Waals surface area contributed by atoms with E-state index in [0.29, 0.717) is 18.2 Å². The third-order valence-corrected chi connectivity index (χ3v) is 6.98. The number of para-hydroxylation sites is 1. The summed E-state index contributed by atoms with van der Waals surface area (Å²) in [6.45, 7) is 4.65. The van der Waals surface area contributed by atoms with E-state index >= 15 is 0 Å². The van der Waals surface area contributed by atoms with E-state index in [1.54, 1.807) is 6.20 Å². The molecule has 0 amide bonds. The summed E-state index contributed by atoms with van der Waals surface area (Å²) in [7, 11) is -4.23. The molecule has 0 fully saturated rings. The molecule has 0 spiro atoms. The van der Waals surface area contributed by atoms with Crippen LogP contribution in [-0.2, 0) is 16.7 Å². The molecular formula is C27H24N2O4S. The lowest BCUT2D eigenvalue weighted by molar-refractivity contribution is -0.671. The predicted octanol–water partition coefficient (Wildman–Crippen LogP) is 5.15. The summed E-state index contributed by atoms with van der Waals surface area (Å²) in [5, 5.41) is 3.29. The molecule has 0 saturated carbocycles. The number of aryl methyl sites for hydroxylation is 3. The topological polar surface area (TPSA) is 87.1 Å². The number of rotatable bonds is 6. The Bertz CT molecular complexity index is 1640. The zero-order chi connectivity index (χ0) is 23.9. The molecule has 3 aromatic carbocycles. The van der Waals surface area contributed by atoms with Crippen molar-refractivity contribution in [3.8, 4) is 22.8 Å². The lowest BCUT2D eigenvalue weighted by atomic mass is 10.0. The van der Waals surface area contributed by atoms with Crippen LogP contribution in [0.5, 0.6) is 0 Å². The zero-order valence-electron chi connectivity index (χ0n) is 19.0. The largest absolute Gasteiger partial charge is 0.748 e. The Balaban J connectivity index is 1.50. The van der Waals surface area contributed by atoms with Crippen LogP contribution in [0.25, 0.3) is 44.5 Å². The zero-order valence-corrected chi connectivity index (χ0v) is 19.8. The standard InChI is InChI=1S/C27H24N2O4S/c1-18-14-20-8-9-21(16-22(20)15-19(18)2)26-17-28-27(33-26)24-10-12-29(11-5-13-34(30,31)32)25-7-4-3-6-23(24)25/h3-4,6-10,12,14-17H,5,11,13H2,1-2H3. The maximum atomic E-state index is 11.0. The number of nitrogens with zero attached hydrogens (tertiary/aromatic N) is 2. The van der Waals surface area contributed by atoms with Crippen molar-refractivity contribution in [3.05, 3.63) is 84.2 Å². The third-order valence-electron chi connectivity index (χ3n) is 6.19. The highest BCUT2D eigenvalue weighted by Crippen LogP contribution is 2.32. The van der Waals surface area contributed by atoms with E-state index in [9.17, 15) is 13.0 Å².